The van der Waals surface area contributed by atoms with E-state index in [1.165, 1.54) is 83.5 Å². The number of ether oxygens (including phenoxy) is 2. The van der Waals surface area contributed by atoms with Gasteiger partial charge in [0.2, 0.25) is 0 Å². The van der Waals surface area contributed by atoms with Gasteiger partial charge in [0.15, 0.2) is 25.5 Å². The van der Waals surface area contributed by atoms with Crippen molar-refractivity contribution >= 4 is 13.9 Å². The Balaban J connectivity index is 2.09. The molecule has 0 fully saturated rings. The molecule has 40 heavy (non-hydrogen) atoms. The van der Waals surface area contributed by atoms with Crippen LogP contribution < -0.4 is 14.4 Å². The molecule has 0 aliphatic heterocycles. The highest BCUT2D eigenvalue weighted by atomic mass is 31.2. The van der Waals surface area contributed by atoms with Crippen molar-refractivity contribution in [1.29, 1.82) is 0 Å². The number of rotatable bonds is 28. The number of phosphoric acid groups is 1. The largest absolute Gasteiger partial charge is 0.606 e. The summed E-state index contributed by atoms with van der Waals surface area (Å²) in [6.45, 7) is 6.32. The first kappa shape index (κ1) is 37.2. The van der Waals surface area contributed by atoms with Gasteiger partial charge in [0.05, 0.1) is 6.61 Å². The van der Waals surface area contributed by atoms with E-state index in [0.717, 1.165) is 18.5 Å². The Labute approximate surface area is 246 Å². The van der Waals surface area contributed by atoms with Crippen molar-refractivity contribution in [3.05, 3.63) is 24.5 Å². The second-order valence-corrected chi connectivity index (χ2v) is 12.4. The van der Waals surface area contributed by atoms with E-state index in [1.807, 2.05) is 55.0 Å². The number of hydrogen-bond acceptors (Lipinski definition) is 7. The summed E-state index contributed by atoms with van der Waals surface area (Å²) in [6, 6.07) is 3.95. The lowest BCUT2D eigenvalue weighted by Gasteiger charge is -2.22. The monoisotopic (exact) mass is 587 g/mol. The molecule has 234 valence electrons. The molecule has 0 spiro atoms. The smallest absolute Gasteiger partial charge is 0.377 e. The summed E-state index contributed by atoms with van der Waals surface area (Å²) in [4.78, 5) is 24.5. The number of phosphoric ester groups is 1. The van der Waals surface area contributed by atoms with Gasteiger partial charge in [-0.15, -0.1) is 0 Å². The van der Waals surface area contributed by atoms with Crippen LogP contribution in [0.25, 0.3) is 0 Å². The molecule has 2 atom stereocenters. The van der Waals surface area contributed by atoms with Gasteiger partial charge in [0.1, 0.15) is 12.7 Å². The van der Waals surface area contributed by atoms with Crippen LogP contribution in [0.2, 0.25) is 0 Å². The Kier molecular flexibility index (Phi) is 23.0. The quantitative estimate of drug-likeness (QED) is 0.0690. The molecule has 1 aromatic rings. The van der Waals surface area contributed by atoms with Gasteiger partial charge < -0.3 is 19.3 Å². The van der Waals surface area contributed by atoms with Gasteiger partial charge in [-0.05, 0) is 12.8 Å². The summed E-state index contributed by atoms with van der Waals surface area (Å²) in [6.07, 6.45) is 22.9. The second kappa shape index (κ2) is 24.7. The van der Waals surface area contributed by atoms with E-state index < -0.39 is 14.3 Å². The molecular formula is C31H60N2O6P+. The topological polar surface area (TPSA) is 87.3 Å². The van der Waals surface area contributed by atoms with Crippen molar-refractivity contribution in [2.75, 3.05) is 52.0 Å². The molecule has 0 aromatic carbocycles. The zero-order valence-electron chi connectivity index (χ0n) is 26.1. The zero-order valence-corrected chi connectivity index (χ0v) is 27.0. The molecule has 0 aliphatic rings. The molecule has 1 unspecified atom stereocenters. The number of pyridine rings is 1. The van der Waals surface area contributed by atoms with Crippen LogP contribution >= 0.6 is 8.17 Å². The minimum Gasteiger partial charge on any atom is -0.606 e. The molecule has 0 amide bonds. The summed E-state index contributed by atoms with van der Waals surface area (Å²) in [5, 5.41) is 0. The lowest BCUT2D eigenvalue weighted by atomic mass is 10.0. The molecule has 0 saturated heterocycles. The lowest BCUT2D eigenvalue weighted by Crippen LogP contribution is -2.36. The maximum atomic E-state index is 12.3. The predicted molar refractivity (Wildman–Crippen MR) is 163 cm³/mol. The molecule has 0 bridgehead atoms. The van der Waals surface area contributed by atoms with Crippen LogP contribution in [0.15, 0.2) is 24.5 Å². The third kappa shape index (κ3) is 20.9. The van der Waals surface area contributed by atoms with E-state index >= 15 is 0 Å². The van der Waals surface area contributed by atoms with E-state index in [1.54, 1.807) is 0 Å². The molecule has 0 aliphatic carbocycles. The number of anilines is 1. The van der Waals surface area contributed by atoms with E-state index in [0.29, 0.717) is 26.4 Å². The van der Waals surface area contributed by atoms with Crippen LogP contribution in [-0.4, -0.2) is 58.1 Å². The fourth-order valence-electron chi connectivity index (χ4n) is 4.42. The molecule has 1 aromatic heterocycles. The first-order valence-corrected chi connectivity index (χ1v) is 17.3. The van der Waals surface area contributed by atoms with Crippen molar-refractivity contribution in [3.8, 4) is 0 Å². The number of nitrogens with zero attached hydrogens (tertiary/aromatic N) is 2. The summed E-state index contributed by atoms with van der Waals surface area (Å²) >= 11 is 0. The highest BCUT2D eigenvalue weighted by molar-refractivity contribution is 7.52. The molecule has 0 saturated carbocycles. The van der Waals surface area contributed by atoms with Gasteiger partial charge in [-0.25, -0.2) is 4.57 Å². The minimum atomic E-state index is -4.17. The summed E-state index contributed by atoms with van der Waals surface area (Å²) in [5.74, 6) is 0. The number of aromatic nitrogens is 1. The third-order valence-electron chi connectivity index (χ3n) is 6.92. The highest BCUT2D eigenvalue weighted by Gasteiger charge is 2.30. The first-order chi connectivity index (χ1) is 19.4. The highest BCUT2D eigenvalue weighted by Crippen LogP contribution is 2.47. The van der Waals surface area contributed by atoms with Crippen molar-refractivity contribution in [2.45, 2.75) is 123 Å². The Morgan fingerprint density at radius 1 is 0.750 bits per heavy atom. The van der Waals surface area contributed by atoms with Gasteiger partial charge in [-0.1, -0.05) is 97.3 Å². The Bertz CT molecular complexity index is 693. The normalized spacial score (nSPS) is 13.8. The van der Waals surface area contributed by atoms with Gasteiger partial charge in [-0.2, -0.15) is 13.9 Å². The lowest BCUT2D eigenvalue weighted by molar-refractivity contribution is -0.697. The summed E-state index contributed by atoms with van der Waals surface area (Å²) in [7, 11) is -0.219. The van der Waals surface area contributed by atoms with E-state index in [4.69, 9.17) is 18.5 Å². The molecule has 0 radical (unpaired) electrons. The summed E-state index contributed by atoms with van der Waals surface area (Å²) < 4.78 is 23.9. The predicted octanol–water partition coefficient (Wildman–Crippen LogP) is 6.40. The number of unbranched alkanes of at least 4 members (excludes halogenated alkanes) is 13. The summed E-state index contributed by atoms with van der Waals surface area (Å²) in [5.41, 5.74) is 1.08. The van der Waals surface area contributed by atoms with E-state index in [-0.39, 0.29) is 13.2 Å². The molecule has 1 heterocycles. The Hall–Kier alpha value is -0.860. The van der Waals surface area contributed by atoms with E-state index in [2.05, 4.69) is 6.92 Å². The fourth-order valence-corrected chi connectivity index (χ4v) is 5.16. The third-order valence-corrected chi connectivity index (χ3v) is 7.91. The van der Waals surface area contributed by atoms with Gasteiger partial charge in [0, 0.05) is 45.1 Å². The number of hydrogen-bond donors (Lipinski definition) is 1. The molecular weight excluding hydrogens is 527 g/mol. The Morgan fingerprint density at radius 2 is 1.30 bits per heavy atom. The Morgan fingerprint density at radius 3 is 1.82 bits per heavy atom. The maximum absolute atomic E-state index is 12.3. The maximum Gasteiger partial charge on any atom is 0.377 e. The molecule has 9 heteroatoms. The average Bonchev–Trinajstić information content (AvgIpc) is 2.94. The van der Waals surface area contributed by atoms with Crippen molar-refractivity contribution in [1.82, 2.24) is 0 Å². The van der Waals surface area contributed by atoms with Crippen LogP contribution in [0.5, 0.6) is 0 Å². The van der Waals surface area contributed by atoms with Crippen molar-refractivity contribution < 1.29 is 32.9 Å². The van der Waals surface area contributed by atoms with Crippen LogP contribution in [-0.2, 0) is 25.1 Å². The van der Waals surface area contributed by atoms with E-state index in [9.17, 15) is 9.79 Å². The van der Waals surface area contributed by atoms with Crippen LogP contribution in [0.1, 0.15) is 110 Å². The molecule has 1 N–H and O–H groups in total. The SMILES string of the molecule is CCCCCCCCCCCCCCCCOC[C@H](CO[P+]([O-])(O)OCC[n+]1ccc(N(C)C)cc1)OCCC. The minimum absolute atomic E-state index is 0.0445. The van der Waals surface area contributed by atoms with Gasteiger partial charge in [0.25, 0.3) is 0 Å². The van der Waals surface area contributed by atoms with Crippen LogP contribution in [0, 0.1) is 0 Å². The van der Waals surface area contributed by atoms with Crippen molar-refractivity contribution in [3.63, 3.8) is 0 Å². The van der Waals surface area contributed by atoms with Crippen LogP contribution in [0.3, 0.4) is 0 Å². The second-order valence-electron chi connectivity index (χ2n) is 11.0. The zero-order chi connectivity index (χ0) is 29.3. The van der Waals surface area contributed by atoms with Crippen LogP contribution in [0.4, 0.5) is 5.69 Å². The van der Waals surface area contributed by atoms with Gasteiger partial charge in [-0.3, -0.25) is 0 Å². The first-order valence-electron chi connectivity index (χ1n) is 15.9. The molecule has 1 rings (SSSR count). The standard InChI is InChI=1S/C31H59N2O6P/c1-5-7-8-9-10-11-12-13-14-15-16-17-18-19-26-36-28-31(37-25-6-2)29-39-40(34,35)38-27-24-33-22-20-30(21-23-33)32(3)4/h20-23,31H,5-19,24-29H2,1-4H3/p+1/t31-/m1/s1. The average molecular weight is 588 g/mol. The van der Waals surface area contributed by atoms with Gasteiger partial charge >= 0.3 is 8.17 Å². The fraction of sp³-hybridized carbons (Fsp3) is 0.839. The van der Waals surface area contributed by atoms with Crippen molar-refractivity contribution in [2.24, 2.45) is 0 Å². The molecule has 8 nitrogen and oxygen atoms in total.